The molecule has 0 radical (unpaired) electrons. The molecular formula is C23H18NOP. The SMILES string of the molecule is [2H]Pc1ccc2ccccc2c1-c1c(C2=NCCO2)ccc2ccccc12. The van der Waals surface area contributed by atoms with Gasteiger partial charge in [-0.05, 0) is 38.5 Å². The lowest BCUT2D eigenvalue weighted by molar-refractivity contribution is 0.348. The third kappa shape index (κ3) is 2.41. The van der Waals surface area contributed by atoms with E-state index >= 15 is 0 Å². The fourth-order valence-electron chi connectivity index (χ4n) is 3.76. The van der Waals surface area contributed by atoms with Gasteiger partial charge in [-0.1, -0.05) is 66.7 Å². The smallest absolute Gasteiger partial charge is 0.216 e. The van der Waals surface area contributed by atoms with Crippen molar-refractivity contribution in [2.45, 2.75) is 0 Å². The Morgan fingerprint density at radius 2 is 1.50 bits per heavy atom. The maximum Gasteiger partial charge on any atom is 0.216 e. The van der Waals surface area contributed by atoms with E-state index in [-0.39, 0.29) is 9.18 Å². The topological polar surface area (TPSA) is 21.6 Å². The zero-order valence-electron chi connectivity index (χ0n) is 15.2. The minimum atomic E-state index is -0.0350. The van der Waals surface area contributed by atoms with Crippen molar-refractivity contribution in [3.63, 3.8) is 0 Å². The molecule has 26 heavy (non-hydrogen) atoms. The van der Waals surface area contributed by atoms with E-state index in [1.165, 1.54) is 21.5 Å². The molecule has 0 aromatic heterocycles. The summed E-state index contributed by atoms with van der Waals surface area (Å²) in [7, 11) is -0.0350. The summed E-state index contributed by atoms with van der Waals surface area (Å²) in [6.07, 6.45) is 0. The maximum absolute atomic E-state index is 8.16. The second-order valence-electron chi connectivity index (χ2n) is 6.45. The molecule has 0 aliphatic carbocycles. The Hall–Kier alpha value is -2.70. The van der Waals surface area contributed by atoms with Gasteiger partial charge in [0.2, 0.25) is 5.90 Å². The molecule has 3 heteroatoms. The minimum Gasteiger partial charge on any atom is -0.475 e. The quantitative estimate of drug-likeness (QED) is 0.477. The van der Waals surface area contributed by atoms with Crippen LogP contribution in [-0.4, -0.2) is 20.3 Å². The van der Waals surface area contributed by atoms with E-state index in [4.69, 9.17) is 6.02 Å². The molecule has 1 atom stereocenters. The third-order valence-corrected chi connectivity index (χ3v) is 5.34. The van der Waals surface area contributed by atoms with Crippen molar-refractivity contribution in [3.05, 3.63) is 78.4 Å². The molecule has 0 amide bonds. The van der Waals surface area contributed by atoms with Crippen LogP contribution in [0.4, 0.5) is 0 Å². The molecule has 1 unspecified atom stereocenters. The highest BCUT2D eigenvalue weighted by Crippen LogP contribution is 2.37. The molecular weight excluding hydrogens is 337 g/mol. The number of rotatable bonds is 3. The first kappa shape index (κ1) is 14.5. The predicted octanol–water partition coefficient (Wildman–Crippen LogP) is 4.94. The Kier molecular flexibility index (Phi) is 3.47. The molecule has 1 aliphatic rings. The third-order valence-electron chi connectivity index (χ3n) is 4.92. The molecule has 1 aliphatic heterocycles. The summed E-state index contributed by atoms with van der Waals surface area (Å²) in [4.78, 5) is 4.58. The number of fused-ring (bicyclic) bond motifs is 2. The number of nitrogens with zero attached hydrogens (tertiary/aromatic N) is 1. The van der Waals surface area contributed by atoms with Crippen molar-refractivity contribution in [1.82, 2.24) is 0 Å². The lowest BCUT2D eigenvalue weighted by Gasteiger charge is -2.17. The Bertz CT molecular complexity index is 1200. The van der Waals surface area contributed by atoms with Crippen LogP contribution in [-0.2, 0) is 4.74 Å². The van der Waals surface area contributed by atoms with Crippen molar-refractivity contribution in [1.29, 1.82) is 1.28 Å². The van der Waals surface area contributed by atoms with Gasteiger partial charge in [-0.2, -0.15) is 0 Å². The van der Waals surface area contributed by atoms with Gasteiger partial charge in [0, 0.05) is 11.1 Å². The van der Waals surface area contributed by atoms with Gasteiger partial charge in [-0.3, -0.25) is 0 Å². The van der Waals surface area contributed by atoms with Gasteiger partial charge in [-0.15, -0.1) is 9.18 Å². The Labute approximate surface area is 156 Å². The molecule has 0 saturated heterocycles. The monoisotopic (exact) mass is 356 g/mol. The van der Waals surface area contributed by atoms with E-state index in [2.05, 4.69) is 77.8 Å². The van der Waals surface area contributed by atoms with Crippen LogP contribution in [0.2, 0.25) is 0 Å². The average Bonchev–Trinajstić information content (AvgIpc) is 3.27. The van der Waals surface area contributed by atoms with Gasteiger partial charge in [0.15, 0.2) is 0 Å². The molecule has 0 fully saturated rings. The van der Waals surface area contributed by atoms with Gasteiger partial charge in [0.05, 0.1) is 7.82 Å². The molecule has 0 saturated carbocycles. The molecule has 0 spiro atoms. The van der Waals surface area contributed by atoms with Crippen molar-refractivity contribution in [2.24, 2.45) is 4.99 Å². The summed E-state index contributed by atoms with van der Waals surface area (Å²) in [6, 6.07) is 25.3. The van der Waals surface area contributed by atoms with Crippen molar-refractivity contribution in [2.75, 3.05) is 13.2 Å². The number of hydrogen-bond acceptors (Lipinski definition) is 2. The highest BCUT2D eigenvalue weighted by Gasteiger charge is 2.20. The summed E-state index contributed by atoms with van der Waals surface area (Å²) in [5.41, 5.74) is 3.27. The van der Waals surface area contributed by atoms with Crippen molar-refractivity contribution >= 4 is 41.9 Å². The fraction of sp³-hybridized carbons (Fsp3) is 0.0870. The van der Waals surface area contributed by atoms with Crippen molar-refractivity contribution < 1.29 is 4.74 Å². The summed E-state index contributed by atoms with van der Waals surface area (Å²) in [5.74, 6) is 0.711. The van der Waals surface area contributed by atoms with Crippen LogP contribution in [0.25, 0.3) is 32.7 Å². The van der Waals surface area contributed by atoms with E-state index in [0.717, 1.165) is 22.0 Å². The van der Waals surface area contributed by atoms with Crippen LogP contribution in [0.5, 0.6) is 0 Å². The first-order valence-corrected chi connectivity index (χ1v) is 9.26. The normalized spacial score (nSPS) is 14.8. The first-order valence-electron chi connectivity index (χ1n) is 9.26. The molecule has 2 nitrogen and oxygen atoms in total. The van der Waals surface area contributed by atoms with E-state index in [9.17, 15) is 0 Å². The minimum absolute atomic E-state index is 0.0350. The van der Waals surface area contributed by atoms with E-state index in [1.807, 2.05) is 0 Å². The van der Waals surface area contributed by atoms with Crippen LogP contribution < -0.4 is 5.30 Å². The maximum atomic E-state index is 8.16. The van der Waals surface area contributed by atoms with Gasteiger partial charge < -0.3 is 4.74 Å². The van der Waals surface area contributed by atoms with Crippen LogP contribution in [0.3, 0.4) is 0 Å². The van der Waals surface area contributed by atoms with Gasteiger partial charge in [0.1, 0.15) is 6.61 Å². The van der Waals surface area contributed by atoms with Gasteiger partial charge >= 0.3 is 0 Å². The Balaban J connectivity index is 1.96. The standard InChI is InChI=1S/C23H18NOP/c26-20-12-10-16-6-2-4-8-18(16)22(20)21-17-7-3-1-5-15(17)9-11-19(21)23-24-13-14-25-23/h1-12H,13-14,26H2/i26D. The molecule has 126 valence electrons. The number of aliphatic imine (C=N–C) groups is 1. The second kappa shape index (κ2) is 6.23. The molecule has 5 rings (SSSR count). The zero-order chi connectivity index (χ0) is 18.2. The summed E-state index contributed by atoms with van der Waals surface area (Å²) in [6.45, 7) is 1.33. The average molecular weight is 356 g/mol. The molecule has 4 aromatic carbocycles. The zero-order valence-corrected chi connectivity index (χ0v) is 15.2. The Morgan fingerprint density at radius 3 is 2.19 bits per heavy atom. The lowest BCUT2D eigenvalue weighted by Crippen LogP contribution is -2.07. The number of ether oxygens (including phenoxy) is 1. The van der Waals surface area contributed by atoms with E-state index < -0.39 is 0 Å². The highest BCUT2D eigenvalue weighted by molar-refractivity contribution is 7.28. The predicted molar refractivity (Wildman–Crippen MR) is 114 cm³/mol. The fourth-order valence-corrected chi connectivity index (χ4v) is 4.10. The first-order chi connectivity index (χ1) is 13.4. The van der Waals surface area contributed by atoms with Crippen LogP contribution in [0.15, 0.2) is 77.8 Å². The lowest BCUT2D eigenvalue weighted by atomic mass is 9.90. The number of benzene rings is 4. The summed E-state index contributed by atoms with van der Waals surface area (Å²) in [5, 5.41) is 5.75. The van der Waals surface area contributed by atoms with Crippen LogP contribution in [0, 0.1) is 0 Å². The largest absolute Gasteiger partial charge is 0.475 e. The molecule has 1 heterocycles. The van der Waals surface area contributed by atoms with Gasteiger partial charge in [-0.25, -0.2) is 4.99 Å². The second-order valence-corrected chi connectivity index (χ2v) is 6.99. The van der Waals surface area contributed by atoms with Crippen LogP contribution >= 0.6 is 9.18 Å². The molecule has 0 bridgehead atoms. The van der Waals surface area contributed by atoms with Gasteiger partial charge in [0.25, 0.3) is 0 Å². The summed E-state index contributed by atoms with van der Waals surface area (Å²) >= 11 is 0. The molecule has 0 N–H and O–H groups in total. The van der Waals surface area contributed by atoms with Crippen LogP contribution in [0.1, 0.15) is 5.56 Å². The highest BCUT2D eigenvalue weighted by atomic mass is 31.0. The number of hydrogen-bond donors (Lipinski definition) is 0. The molecule has 4 aromatic rings. The summed E-state index contributed by atoms with van der Waals surface area (Å²) < 4.78 is 14.0. The van der Waals surface area contributed by atoms with E-state index in [0.29, 0.717) is 19.0 Å². The van der Waals surface area contributed by atoms with Crippen molar-refractivity contribution in [3.8, 4) is 11.1 Å². The Morgan fingerprint density at radius 1 is 0.808 bits per heavy atom. The van der Waals surface area contributed by atoms with E-state index in [1.54, 1.807) is 0 Å².